The number of aryl methyl sites for hydroxylation is 1. The van der Waals surface area contributed by atoms with Crippen LogP contribution in [0, 0.1) is 5.92 Å². The van der Waals surface area contributed by atoms with Gasteiger partial charge >= 0.3 is 0 Å². The molecule has 0 bridgehead atoms. The van der Waals surface area contributed by atoms with E-state index in [0.717, 1.165) is 42.9 Å². The monoisotopic (exact) mass is 330 g/mol. The van der Waals surface area contributed by atoms with Crippen molar-refractivity contribution in [1.29, 1.82) is 0 Å². The number of aromatic nitrogens is 2. The largest absolute Gasteiger partial charge is 0.396 e. The molecule has 1 fully saturated rings. The maximum atomic E-state index is 12.3. The molecule has 0 radical (unpaired) electrons. The van der Waals surface area contributed by atoms with Gasteiger partial charge in [-0.2, -0.15) is 0 Å². The summed E-state index contributed by atoms with van der Waals surface area (Å²) < 4.78 is 2.22. The van der Waals surface area contributed by atoms with Crippen LogP contribution in [0.15, 0.2) is 24.3 Å². The van der Waals surface area contributed by atoms with Crippen LogP contribution in [0.2, 0.25) is 0 Å². The standard InChI is InChI=1S/C18H26N4O2/c1-2-22-16-9-4-3-8-15(16)20-18(22)21-11-5-7-14(13-21)17(24)19-10-6-12-23/h3-4,8-9,14,23H,2,5-7,10-13H2,1H3,(H,19,24). The molecule has 130 valence electrons. The Morgan fingerprint density at radius 2 is 2.25 bits per heavy atom. The lowest BCUT2D eigenvalue weighted by Gasteiger charge is -2.33. The Bertz CT molecular complexity index is 697. The number of fused-ring (bicyclic) bond motifs is 1. The molecule has 1 atom stereocenters. The molecule has 24 heavy (non-hydrogen) atoms. The number of hydrogen-bond acceptors (Lipinski definition) is 4. The van der Waals surface area contributed by atoms with Crippen molar-refractivity contribution in [3.8, 4) is 0 Å². The van der Waals surface area contributed by atoms with Crippen LogP contribution >= 0.6 is 0 Å². The van der Waals surface area contributed by atoms with Crippen molar-refractivity contribution in [3.63, 3.8) is 0 Å². The summed E-state index contributed by atoms with van der Waals surface area (Å²) in [4.78, 5) is 19.4. The van der Waals surface area contributed by atoms with E-state index in [4.69, 9.17) is 10.1 Å². The first kappa shape index (κ1) is 16.8. The molecule has 0 saturated carbocycles. The molecule has 2 heterocycles. The van der Waals surface area contributed by atoms with E-state index in [0.29, 0.717) is 19.5 Å². The van der Waals surface area contributed by atoms with E-state index < -0.39 is 0 Å². The molecule has 1 aromatic carbocycles. The summed E-state index contributed by atoms with van der Waals surface area (Å²) in [5.41, 5.74) is 2.15. The van der Waals surface area contributed by atoms with Crippen molar-refractivity contribution in [1.82, 2.24) is 14.9 Å². The van der Waals surface area contributed by atoms with Gasteiger partial charge in [0.15, 0.2) is 0 Å². The highest BCUT2D eigenvalue weighted by atomic mass is 16.3. The highest BCUT2D eigenvalue weighted by Gasteiger charge is 2.28. The third-order valence-electron chi connectivity index (χ3n) is 4.66. The fraction of sp³-hybridized carbons (Fsp3) is 0.556. The Labute approximate surface area is 142 Å². The topological polar surface area (TPSA) is 70.4 Å². The normalized spacial score (nSPS) is 18.1. The van der Waals surface area contributed by atoms with Crippen LogP contribution in [0.3, 0.4) is 0 Å². The smallest absolute Gasteiger partial charge is 0.224 e. The van der Waals surface area contributed by atoms with Crippen LogP contribution in [-0.2, 0) is 11.3 Å². The van der Waals surface area contributed by atoms with Gasteiger partial charge < -0.3 is 19.9 Å². The van der Waals surface area contributed by atoms with Crippen LogP contribution in [-0.4, -0.2) is 46.8 Å². The molecule has 1 amide bonds. The number of amides is 1. The Hall–Kier alpha value is -2.08. The average Bonchev–Trinajstić information content (AvgIpc) is 3.00. The van der Waals surface area contributed by atoms with Crippen molar-refractivity contribution in [2.45, 2.75) is 32.7 Å². The molecule has 2 aromatic rings. The molecular formula is C18H26N4O2. The number of hydrogen-bond donors (Lipinski definition) is 2. The van der Waals surface area contributed by atoms with Gasteiger partial charge in [-0.25, -0.2) is 4.98 Å². The summed E-state index contributed by atoms with van der Waals surface area (Å²) in [5.74, 6) is 1.04. The molecule has 3 rings (SSSR count). The van der Waals surface area contributed by atoms with Crippen molar-refractivity contribution >= 4 is 22.9 Å². The minimum atomic E-state index is -0.0115. The molecule has 0 spiro atoms. The van der Waals surface area contributed by atoms with Crippen LogP contribution in [0.5, 0.6) is 0 Å². The van der Waals surface area contributed by atoms with E-state index in [1.54, 1.807) is 0 Å². The first-order valence-corrected chi connectivity index (χ1v) is 8.83. The number of benzene rings is 1. The van der Waals surface area contributed by atoms with Gasteiger partial charge in [0.2, 0.25) is 11.9 Å². The molecule has 2 N–H and O–H groups in total. The number of anilines is 1. The zero-order valence-electron chi connectivity index (χ0n) is 14.2. The predicted octanol–water partition coefficient (Wildman–Crippen LogP) is 1.77. The first-order valence-electron chi connectivity index (χ1n) is 8.83. The zero-order chi connectivity index (χ0) is 16.9. The number of carbonyl (C=O) groups is 1. The molecule has 1 unspecified atom stereocenters. The van der Waals surface area contributed by atoms with Gasteiger partial charge in [-0.3, -0.25) is 4.79 Å². The van der Waals surface area contributed by atoms with Crippen LogP contribution in [0.1, 0.15) is 26.2 Å². The number of imidazole rings is 1. The third kappa shape index (κ3) is 3.38. The second-order valence-corrected chi connectivity index (χ2v) is 6.30. The molecule has 6 heteroatoms. The maximum Gasteiger partial charge on any atom is 0.224 e. The number of piperidine rings is 1. The predicted molar refractivity (Wildman–Crippen MR) is 95.1 cm³/mol. The molecular weight excluding hydrogens is 304 g/mol. The number of carbonyl (C=O) groups excluding carboxylic acids is 1. The van der Waals surface area contributed by atoms with Gasteiger partial charge in [0.05, 0.1) is 17.0 Å². The SMILES string of the molecule is CCn1c(N2CCCC(C(=O)NCCCO)C2)nc2ccccc21. The quantitative estimate of drug-likeness (QED) is 0.792. The average molecular weight is 330 g/mol. The number of aliphatic hydroxyl groups excluding tert-OH is 1. The zero-order valence-corrected chi connectivity index (χ0v) is 14.2. The van der Waals surface area contributed by atoms with Gasteiger partial charge in [0, 0.05) is 32.8 Å². The second-order valence-electron chi connectivity index (χ2n) is 6.30. The van der Waals surface area contributed by atoms with Crippen molar-refractivity contribution in [2.24, 2.45) is 5.92 Å². The van der Waals surface area contributed by atoms with Gasteiger partial charge in [-0.15, -0.1) is 0 Å². The number of para-hydroxylation sites is 2. The minimum Gasteiger partial charge on any atom is -0.396 e. The fourth-order valence-electron chi connectivity index (χ4n) is 3.42. The summed E-state index contributed by atoms with van der Waals surface area (Å²) >= 11 is 0. The number of nitrogens with zero attached hydrogens (tertiary/aromatic N) is 3. The molecule has 6 nitrogen and oxygen atoms in total. The maximum absolute atomic E-state index is 12.3. The molecule has 0 aliphatic carbocycles. The summed E-state index contributed by atoms with van der Waals surface area (Å²) in [5, 5.41) is 11.8. The van der Waals surface area contributed by atoms with Crippen molar-refractivity contribution in [3.05, 3.63) is 24.3 Å². The lowest BCUT2D eigenvalue weighted by molar-refractivity contribution is -0.125. The van der Waals surface area contributed by atoms with Gasteiger partial charge in [0.25, 0.3) is 0 Å². The summed E-state index contributed by atoms with van der Waals surface area (Å²) in [7, 11) is 0. The Kier molecular flexibility index (Phi) is 5.35. The van der Waals surface area contributed by atoms with E-state index in [1.165, 1.54) is 0 Å². The van der Waals surface area contributed by atoms with Crippen LogP contribution in [0.25, 0.3) is 11.0 Å². The van der Waals surface area contributed by atoms with E-state index >= 15 is 0 Å². The van der Waals surface area contributed by atoms with E-state index in [-0.39, 0.29) is 18.4 Å². The minimum absolute atomic E-state index is 0.0115. The van der Waals surface area contributed by atoms with Crippen molar-refractivity contribution in [2.75, 3.05) is 31.1 Å². The molecule has 1 aliphatic heterocycles. The lowest BCUT2D eigenvalue weighted by Crippen LogP contribution is -2.44. The van der Waals surface area contributed by atoms with Gasteiger partial charge in [-0.1, -0.05) is 12.1 Å². The Balaban J connectivity index is 1.76. The number of aliphatic hydroxyl groups is 1. The van der Waals surface area contributed by atoms with E-state index in [2.05, 4.69) is 27.8 Å². The highest BCUT2D eigenvalue weighted by Crippen LogP contribution is 2.27. The summed E-state index contributed by atoms with van der Waals surface area (Å²) in [6.45, 7) is 5.27. The number of nitrogens with one attached hydrogen (secondary N) is 1. The molecule has 1 aliphatic rings. The van der Waals surface area contributed by atoms with E-state index in [9.17, 15) is 4.79 Å². The third-order valence-corrected chi connectivity index (χ3v) is 4.66. The second kappa shape index (κ2) is 7.66. The van der Waals surface area contributed by atoms with Crippen molar-refractivity contribution < 1.29 is 9.90 Å². The summed E-state index contributed by atoms with van der Waals surface area (Å²) in [6, 6.07) is 8.17. The van der Waals surface area contributed by atoms with E-state index in [1.807, 2.05) is 18.2 Å². The number of rotatable bonds is 6. The highest BCUT2D eigenvalue weighted by molar-refractivity contribution is 5.81. The fourth-order valence-corrected chi connectivity index (χ4v) is 3.42. The first-order chi connectivity index (χ1) is 11.7. The lowest BCUT2D eigenvalue weighted by atomic mass is 9.97. The molecule has 1 saturated heterocycles. The Morgan fingerprint density at radius 3 is 3.04 bits per heavy atom. The van der Waals surface area contributed by atoms with Gasteiger partial charge in [-0.05, 0) is 38.3 Å². The summed E-state index contributed by atoms with van der Waals surface area (Å²) in [6.07, 6.45) is 2.51. The van der Waals surface area contributed by atoms with Gasteiger partial charge in [0.1, 0.15) is 0 Å². The van der Waals surface area contributed by atoms with Crippen LogP contribution in [0.4, 0.5) is 5.95 Å². The Morgan fingerprint density at radius 1 is 1.42 bits per heavy atom. The molecule has 1 aromatic heterocycles. The van der Waals surface area contributed by atoms with Crippen LogP contribution < -0.4 is 10.2 Å².